The molecule has 1 N–H and O–H groups in total. The first-order valence-electron chi connectivity index (χ1n) is 12.0. The lowest BCUT2D eigenvalue weighted by Crippen LogP contribution is -2.49. The molecular formula is C27H33N3O4. The number of unbranched alkanes of at least 4 members (excludes halogenated alkanes) is 1. The van der Waals surface area contributed by atoms with Gasteiger partial charge in [-0.25, -0.2) is 0 Å². The summed E-state index contributed by atoms with van der Waals surface area (Å²) >= 11 is 0. The highest BCUT2D eigenvalue weighted by Gasteiger charge is 2.35. The van der Waals surface area contributed by atoms with E-state index in [4.69, 9.17) is 0 Å². The van der Waals surface area contributed by atoms with Crippen LogP contribution in [0.25, 0.3) is 0 Å². The first kappa shape index (κ1) is 25.1. The summed E-state index contributed by atoms with van der Waals surface area (Å²) in [6.07, 6.45) is 2.99. The van der Waals surface area contributed by atoms with Crippen LogP contribution in [0.1, 0.15) is 65.8 Å². The van der Waals surface area contributed by atoms with E-state index in [2.05, 4.69) is 12.2 Å². The van der Waals surface area contributed by atoms with Crippen LogP contribution < -0.4 is 5.32 Å². The standard InChI is InChI=1S/C27H33N3O4/c1-3-4-17-28-25(32)20(2)29(19-16-21-11-6-5-7-12-21)24(31)15-10-18-30-26(33)22-13-8-9-14-23(22)27(30)34/h5-9,11-14,20H,3-4,10,15-19H2,1-2H3,(H,28,32)/t20-/m0/s1. The number of nitrogens with zero attached hydrogens (tertiary/aromatic N) is 2. The van der Waals surface area contributed by atoms with Gasteiger partial charge in [0.15, 0.2) is 0 Å². The van der Waals surface area contributed by atoms with Crippen molar-refractivity contribution in [3.63, 3.8) is 0 Å². The zero-order valence-electron chi connectivity index (χ0n) is 20.0. The average molecular weight is 464 g/mol. The smallest absolute Gasteiger partial charge is 0.261 e. The van der Waals surface area contributed by atoms with Gasteiger partial charge in [-0.15, -0.1) is 0 Å². The Morgan fingerprint density at radius 2 is 1.56 bits per heavy atom. The molecule has 0 radical (unpaired) electrons. The Hall–Kier alpha value is -3.48. The SMILES string of the molecule is CCCCNC(=O)[C@H](C)N(CCc1ccccc1)C(=O)CCCN1C(=O)c2ccccc2C1=O. The molecule has 0 spiro atoms. The fourth-order valence-corrected chi connectivity index (χ4v) is 4.08. The maximum absolute atomic E-state index is 13.2. The molecule has 34 heavy (non-hydrogen) atoms. The van der Waals surface area contributed by atoms with E-state index in [9.17, 15) is 19.2 Å². The van der Waals surface area contributed by atoms with Gasteiger partial charge in [-0.05, 0) is 43.9 Å². The summed E-state index contributed by atoms with van der Waals surface area (Å²) in [5.74, 6) is -0.976. The Morgan fingerprint density at radius 3 is 2.18 bits per heavy atom. The van der Waals surface area contributed by atoms with E-state index < -0.39 is 6.04 Å². The minimum Gasteiger partial charge on any atom is -0.354 e. The first-order chi connectivity index (χ1) is 16.4. The summed E-state index contributed by atoms with van der Waals surface area (Å²) < 4.78 is 0. The van der Waals surface area contributed by atoms with Crippen LogP contribution >= 0.6 is 0 Å². The van der Waals surface area contributed by atoms with Gasteiger partial charge in [0.2, 0.25) is 11.8 Å². The van der Waals surface area contributed by atoms with Crippen molar-refractivity contribution in [3.8, 4) is 0 Å². The quantitative estimate of drug-likeness (QED) is 0.386. The second-order valence-corrected chi connectivity index (χ2v) is 8.55. The number of nitrogens with one attached hydrogen (secondary N) is 1. The normalized spacial score (nSPS) is 13.5. The molecule has 7 nitrogen and oxygen atoms in total. The van der Waals surface area contributed by atoms with Gasteiger partial charge in [0.25, 0.3) is 11.8 Å². The first-order valence-corrected chi connectivity index (χ1v) is 12.0. The number of carbonyl (C=O) groups excluding carboxylic acids is 4. The van der Waals surface area contributed by atoms with Crippen LogP contribution in [0.5, 0.6) is 0 Å². The molecule has 0 aliphatic carbocycles. The molecule has 180 valence electrons. The highest BCUT2D eigenvalue weighted by molar-refractivity contribution is 6.21. The lowest BCUT2D eigenvalue weighted by molar-refractivity contribution is -0.140. The molecule has 1 atom stereocenters. The number of hydrogen-bond acceptors (Lipinski definition) is 4. The lowest BCUT2D eigenvalue weighted by Gasteiger charge is -2.29. The summed E-state index contributed by atoms with van der Waals surface area (Å²) in [5.41, 5.74) is 1.89. The van der Waals surface area contributed by atoms with E-state index in [1.807, 2.05) is 30.3 Å². The number of carbonyl (C=O) groups is 4. The van der Waals surface area contributed by atoms with E-state index in [-0.39, 0.29) is 36.6 Å². The predicted molar refractivity (Wildman–Crippen MR) is 130 cm³/mol. The van der Waals surface area contributed by atoms with Crippen molar-refractivity contribution < 1.29 is 19.2 Å². The van der Waals surface area contributed by atoms with E-state index in [0.717, 1.165) is 18.4 Å². The Labute approximate surface area is 201 Å². The number of hydrogen-bond donors (Lipinski definition) is 1. The molecule has 0 saturated carbocycles. The van der Waals surface area contributed by atoms with Crippen molar-refractivity contribution in [1.29, 1.82) is 0 Å². The van der Waals surface area contributed by atoms with Crippen molar-refractivity contribution in [1.82, 2.24) is 15.1 Å². The predicted octanol–water partition coefficient (Wildman–Crippen LogP) is 3.44. The molecule has 0 saturated heterocycles. The van der Waals surface area contributed by atoms with Crippen molar-refractivity contribution >= 4 is 23.6 Å². The molecule has 1 heterocycles. The number of benzene rings is 2. The van der Waals surface area contributed by atoms with Gasteiger partial charge in [0, 0.05) is 26.1 Å². The Morgan fingerprint density at radius 1 is 0.941 bits per heavy atom. The third-order valence-corrected chi connectivity index (χ3v) is 6.13. The van der Waals surface area contributed by atoms with E-state index in [0.29, 0.717) is 37.1 Å². The molecule has 1 aliphatic heterocycles. The minimum atomic E-state index is -0.604. The molecule has 2 aromatic rings. The van der Waals surface area contributed by atoms with Crippen LogP contribution in [0.4, 0.5) is 0 Å². The van der Waals surface area contributed by atoms with Gasteiger partial charge < -0.3 is 10.2 Å². The largest absolute Gasteiger partial charge is 0.354 e. The second-order valence-electron chi connectivity index (χ2n) is 8.55. The van der Waals surface area contributed by atoms with E-state index >= 15 is 0 Å². The zero-order valence-corrected chi connectivity index (χ0v) is 20.0. The topological polar surface area (TPSA) is 86.8 Å². The van der Waals surface area contributed by atoms with Crippen molar-refractivity contribution in [3.05, 3.63) is 71.3 Å². The van der Waals surface area contributed by atoms with Gasteiger partial charge in [0.05, 0.1) is 11.1 Å². The molecule has 3 rings (SSSR count). The number of fused-ring (bicyclic) bond motifs is 1. The van der Waals surface area contributed by atoms with Crippen molar-refractivity contribution in [2.24, 2.45) is 0 Å². The Kier molecular flexibility index (Phi) is 8.96. The van der Waals surface area contributed by atoms with Crippen LogP contribution in [0.3, 0.4) is 0 Å². The van der Waals surface area contributed by atoms with Gasteiger partial charge in [0.1, 0.15) is 6.04 Å². The summed E-state index contributed by atoms with van der Waals surface area (Å²) in [7, 11) is 0. The molecule has 0 bridgehead atoms. The fourth-order valence-electron chi connectivity index (χ4n) is 4.08. The maximum atomic E-state index is 13.2. The molecular weight excluding hydrogens is 430 g/mol. The highest BCUT2D eigenvalue weighted by Crippen LogP contribution is 2.22. The summed E-state index contributed by atoms with van der Waals surface area (Å²) in [5, 5.41) is 2.91. The molecule has 7 heteroatoms. The highest BCUT2D eigenvalue weighted by atomic mass is 16.2. The number of amides is 4. The number of rotatable bonds is 12. The average Bonchev–Trinajstić information content (AvgIpc) is 3.09. The van der Waals surface area contributed by atoms with Crippen LogP contribution in [-0.2, 0) is 16.0 Å². The Balaban J connectivity index is 1.60. The van der Waals surface area contributed by atoms with Crippen molar-refractivity contribution in [2.75, 3.05) is 19.6 Å². The zero-order chi connectivity index (χ0) is 24.5. The Bertz CT molecular complexity index is 987. The van der Waals surface area contributed by atoms with Crippen LogP contribution in [0.2, 0.25) is 0 Å². The van der Waals surface area contributed by atoms with Crippen molar-refractivity contribution in [2.45, 2.75) is 52.0 Å². The lowest BCUT2D eigenvalue weighted by atomic mass is 10.1. The van der Waals surface area contributed by atoms with E-state index in [1.54, 1.807) is 36.1 Å². The fraction of sp³-hybridized carbons (Fsp3) is 0.407. The molecule has 0 unspecified atom stereocenters. The third-order valence-electron chi connectivity index (χ3n) is 6.13. The van der Waals surface area contributed by atoms with E-state index in [1.165, 1.54) is 4.90 Å². The maximum Gasteiger partial charge on any atom is 0.261 e. The summed E-state index contributed by atoms with van der Waals surface area (Å²) in [6, 6.07) is 16.0. The minimum absolute atomic E-state index is 0.148. The number of imide groups is 1. The molecule has 2 aromatic carbocycles. The van der Waals surface area contributed by atoms with Crippen LogP contribution in [-0.4, -0.2) is 59.1 Å². The van der Waals surface area contributed by atoms with Gasteiger partial charge >= 0.3 is 0 Å². The molecule has 0 fully saturated rings. The molecule has 0 aromatic heterocycles. The molecule has 4 amide bonds. The summed E-state index contributed by atoms with van der Waals surface area (Å²) in [6.45, 7) is 4.97. The molecule has 1 aliphatic rings. The second kappa shape index (κ2) is 12.1. The third kappa shape index (κ3) is 6.10. The van der Waals surface area contributed by atoms with Gasteiger partial charge in [-0.3, -0.25) is 24.1 Å². The van der Waals surface area contributed by atoms with Crippen LogP contribution in [0, 0.1) is 0 Å². The van der Waals surface area contributed by atoms with Gasteiger partial charge in [-0.1, -0.05) is 55.8 Å². The summed E-state index contributed by atoms with van der Waals surface area (Å²) in [4.78, 5) is 53.7. The van der Waals surface area contributed by atoms with Crippen LogP contribution in [0.15, 0.2) is 54.6 Å². The van der Waals surface area contributed by atoms with Gasteiger partial charge in [-0.2, -0.15) is 0 Å². The monoisotopic (exact) mass is 463 g/mol.